The van der Waals surface area contributed by atoms with Gasteiger partial charge in [-0.3, -0.25) is 14.6 Å². The van der Waals surface area contributed by atoms with Crippen molar-refractivity contribution in [3.63, 3.8) is 0 Å². The molecule has 3 N–H and O–H groups in total. The summed E-state index contributed by atoms with van der Waals surface area (Å²) in [5, 5.41) is 13.8. The highest BCUT2D eigenvalue weighted by Crippen LogP contribution is 2.44. The van der Waals surface area contributed by atoms with Crippen LogP contribution in [0.25, 0.3) is 28.0 Å². The fourth-order valence-corrected chi connectivity index (χ4v) is 6.13. The maximum Gasteiger partial charge on any atom is 0.248 e. The first kappa shape index (κ1) is 24.2. The molecule has 1 amide bonds. The number of benzene rings is 1. The molecule has 38 heavy (non-hydrogen) atoms. The Kier molecular flexibility index (Phi) is 5.91. The van der Waals surface area contributed by atoms with E-state index in [0.29, 0.717) is 35.4 Å². The maximum atomic E-state index is 13.3. The largest absolute Gasteiger partial charge is 0.387 e. The highest BCUT2D eigenvalue weighted by atomic mass is 19.1. The van der Waals surface area contributed by atoms with Gasteiger partial charge < -0.3 is 15.7 Å². The van der Waals surface area contributed by atoms with Crippen LogP contribution in [0.5, 0.6) is 0 Å². The molecule has 0 saturated carbocycles. The van der Waals surface area contributed by atoms with E-state index in [1.165, 1.54) is 23.6 Å². The van der Waals surface area contributed by atoms with Gasteiger partial charge in [0.1, 0.15) is 18.2 Å². The fourth-order valence-electron chi connectivity index (χ4n) is 6.13. The molecule has 2 bridgehead atoms. The number of hydrogen-bond acceptors (Lipinski definition) is 7. The molecule has 6 rings (SSSR count). The number of carbonyl (C=O) groups is 2. The first-order valence-corrected chi connectivity index (χ1v) is 12.7. The summed E-state index contributed by atoms with van der Waals surface area (Å²) in [6.45, 7) is 0.977. The van der Waals surface area contributed by atoms with Crippen LogP contribution in [0, 0.1) is 5.82 Å². The number of nitrogens with zero attached hydrogens (tertiary/aromatic N) is 5. The zero-order chi connectivity index (χ0) is 26.6. The molecule has 0 aliphatic carbocycles. The van der Waals surface area contributed by atoms with Crippen LogP contribution < -0.4 is 5.73 Å². The van der Waals surface area contributed by atoms with Crippen LogP contribution in [0.1, 0.15) is 54.6 Å². The van der Waals surface area contributed by atoms with E-state index in [1.54, 1.807) is 24.5 Å². The smallest absolute Gasteiger partial charge is 0.248 e. The summed E-state index contributed by atoms with van der Waals surface area (Å²) in [6, 6.07) is 9.91. The Balaban J connectivity index is 1.40. The van der Waals surface area contributed by atoms with Gasteiger partial charge in [-0.25, -0.2) is 9.37 Å². The van der Waals surface area contributed by atoms with E-state index < -0.39 is 6.61 Å². The zero-order valence-electron chi connectivity index (χ0n) is 20.8. The molecule has 3 aromatic heterocycles. The van der Waals surface area contributed by atoms with Gasteiger partial charge in [0.05, 0.1) is 23.1 Å². The molecular weight excluding hydrogens is 487 g/mol. The molecule has 0 radical (unpaired) electrons. The Hall–Kier alpha value is -4.18. The van der Waals surface area contributed by atoms with Crippen LogP contribution in [-0.2, 0) is 4.79 Å². The summed E-state index contributed by atoms with van der Waals surface area (Å²) in [5.41, 5.74) is 11.0. The van der Waals surface area contributed by atoms with Gasteiger partial charge in [0.15, 0.2) is 11.4 Å². The van der Waals surface area contributed by atoms with Gasteiger partial charge in [0.2, 0.25) is 5.91 Å². The van der Waals surface area contributed by atoms with Gasteiger partial charge in [-0.15, -0.1) is 0 Å². The van der Waals surface area contributed by atoms with E-state index in [4.69, 9.17) is 10.7 Å². The van der Waals surface area contributed by atoms with Crippen LogP contribution in [-0.4, -0.2) is 60.0 Å². The summed E-state index contributed by atoms with van der Waals surface area (Å²) >= 11 is 0. The Morgan fingerprint density at radius 3 is 2.34 bits per heavy atom. The van der Waals surface area contributed by atoms with Crippen LogP contribution in [0.4, 0.5) is 10.2 Å². The Labute approximate surface area is 218 Å². The number of ketones is 1. The van der Waals surface area contributed by atoms with Crippen molar-refractivity contribution in [2.45, 2.75) is 50.6 Å². The van der Waals surface area contributed by atoms with Crippen LogP contribution in [0.2, 0.25) is 0 Å². The molecule has 10 heteroatoms. The molecule has 5 heterocycles. The number of anilines is 1. The molecule has 4 aromatic rings. The van der Waals surface area contributed by atoms with E-state index in [1.807, 2.05) is 17.0 Å². The van der Waals surface area contributed by atoms with Crippen molar-refractivity contribution < 1.29 is 19.1 Å². The molecule has 2 fully saturated rings. The molecule has 0 unspecified atom stereocenters. The summed E-state index contributed by atoms with van der Waals surface area (Å²) < 4.78 is 14.8. The second-order valence-corrected chi connectivity index (χ2v) is 10.1. The van der Waals surface area contributed by atoms with E-state index in [9.17, 15) is 19.1 Å². The van der Waals surface area contributed by atoms with E-state index in [0.717, 1.165) is 29.5 Å². The topological polar surface area (TPSA) is 127 Å². The molecular formula is C28H27FN6O3. The van der Waals surface area contributed by atoms with Crippen molar-refractivity contribution in [3.8, 4) is 22.4 Å². The number of nitrogens with two attached hydrogens (primary N) is 1. The third kappa shape index (κ3) is 3.92. The molecule has 0 spiro atoms. The van der Waals surface area contributed by atoms with Gasteiger partial charge >= 0.3 is 0 Å². The number of aromatic nitrogens is 4. The lowest BCUT2D eigenvalue weighted by Crippen LogP contribution is -2.47. The predicted molar refractivity (Wildman–Crippen MR) is 139 cm³/mol. The highest BCUT2D eigenvalue weighted by Gasteiger charge is 2.44. The Morgan fingerprint density at radius 2 is 1.74 bits per heavy atom. The number of Topliss-reactive ketones (excluding diaryl/α,β-unsaturated/α-hetero) is 1. The van der Waals surface area contributed by atoms with Crippen LogP contribution >= 0.6 is 0 Å². The van der Waals surface area contributed by atoms with Crippen molar-refractivity contribution in [1.29, 1.82) is 0 Å². The van der Waals surface area contributed by atoms with Crippen molar-refractivity contribution in [2.24, 2.45) is 0 Å². The number of hydrogen-bond donors (Lipinski definition) is 2. The SMILES string of the molecule is CC(=O)c1c([C@H]2C[C@H]3CC[C@@H](C2)N3C(=O)CO)nc2c(-c3ccc(-c4ccc(F)cc4)nc3)cnn2c1N. The zero-order valence-corrected chi connectivity index (χ0v) is 20.8. The minimum Gasteiger partial charge on any atom is -0.387 e. The lowest BCUT2D eigenvalue weighted by Gasteiger charge is -2.39. The summed E-state index contributed by atoms with van der Waals surface area (Å²) in [4.78, 5) is 36.4. The molecule has 2 aliphatic heterocycles. The maximum absolute atomic E-state index is 13.3. The lowest BCUT2D eigenvalue weighted by atomic mass is 9.85. The third-order valence-electron chi connectivity index (χ3n) is 7.82. The van der Waals surface area contributed by atoms with Crippen molar-refractivity contribution >= 4 is 23.2 Å². The second kappa shape index (κ2) is 9.29. The number of fused-ring (bicyclic) bond motifs is 3. The number of nitrogen functional groups attached to an aromatic ring is 1. The number of rotatable bonds is 5. The molecule has 9 nitrogen and oxygen atoms in total. The minimum absolute atomic E-state index is 0.00467. The van der Waals surface area contributed by atoms with Crippen LogP contribution in [0.15, 0.2) is 48.8 Å². The van der Waals surface area contributed by atoms with Gasteiger partial charge in [-0.2, -0.15) is 9.61 Å². The number of pyridine rings is 1. The third-order valence-corrected chi connectivity index (χ3v) is 7.82. The van der Waals surface area contributed by atoms with E-state index in [-0.39, 0.29) is 41.3 Å². The normalized spacial score (nSPS) is 20.7. The van der Waals surface area contributed by atoms with Gasteiger partial charge in [-0.05, 0) is 62.9 Å². The van der Waals surface area contributed by atoms with Crippen molar-refractivity contribution in [1.82, 2.24) is 24.5 Å². The van der Waals surface area contributed by atoms with Gasteiger partial charge in [0.25, 0.3) is 0 Å². The van der Waals surface area contributed by atoms with Gasteiger partial charge in [0, 0.05) is 40.9 Å². The number of carbonyl (C=O) groups excluding carboxylic acids is 2. The Bertz CT molecular complexity index is 1540. The number of aliphatic hydroxyl groups excluding tert-OH is 1. The molecule has 2 aliphatic rings. The van der Waals surface area contributed by atoms with E-state index >= 15 is 0 Å². The lowest BCUT2D eigenvalue weighted by molar-refractivity contribution is -0.138. The summed E-state index contributed by atoms with van der Waals surface area (Å²) in [7, 11) is 0. The second-order valence-electron chi connectivity index (χ2n) is 10.1. The first-order valence-electron chi connectivity index (χ1n) is 12.7. The molecule has 3 atom stereocenters. The summed E-state index contributed by atoms with van der Waals surface area (Å²) in [5.74, 6) is -0.556. The van der Waals surface area contributed by atoms with Crippen molar-refractivity contribution in [3.05, 3.63) is 65.9 Å². The molecule has 194 valence electrons. The molecule has 2 saturated heterocycles. The summed E-state index contributed by atoms with van der Waals surface area (Å²) in [6.07, 6.45) is 6.41. The van der Waals surface area contributed by atoms with Gasteiger partial charge in [-0.1, -0.05) is 6.07 Å². The number of aliphatic hydroxyl groups is 1. The number of amides is 1. The standard InChI is InChI=1S/C28H27FN6O3/c1-15(37)25-26(18-10-20-7-8-21(11-18)34(20)24(38)14-36)33-28-22(13-32-35(28)27(25)30)17-4-9-23(31-12-17)16-2-5-19(29)6-3-16/h2-6,9,12-13,18,20-21,36H,7-8,10-11,14,30H2,1H3/t18-,20+,21-. The molecule has 1 aromatic carbocycles. The van der Waals surface area contributed by atoms with Crippen molar-refractivity contribution in [2.75, 3.05) is 12.3 Å². The average molecular weight is 515 g/mol. The number of halogens is 1. The number of piperidine rings is 1. The highest BCUT2D eigenvalue weighted by molar-refractivity contribution is 6.00. The Morgan fingerprint density at radius 1 is 1.05 bits per heavy atom. The monoisotopic (exact) mass is 514 g/mol. The average Bonchev–Trinajstić information content (AvgIpc) is 3.46. The fraction of sp³-hybridized carbons (Fsp3) is 0.321. The van der Waals surface area contributed by atoms with E-state index in [2.05, 4.69) is 10.1 Å². The van der Waals surface area contributed by atoms with Crippen LogP contribution in [0.3, 0.4) is 0 Å². The quantitative estimate of drug-likeness (QED) is 0.390. The predicted octanol–water partition coefficient (Wildman–Crippen LogP) is 3.61. The first-order chi connectivity index (χ1) is 18.4. The minimum atomic E-state index is -0.499.